The molecule has 76 valence electrons. The van der Waals surface area contributed by atoms with Crippen molar-refractivity contribution in [3.8, 4) is 0 Å². The molecule has 0 aliphatic rings. The van der Waals surface area contributed by atoms with Crippen molar-refractivity contribution < 1.29 is 0 Å². The van der Waals surface area contributed by atoms with E-state index in [2.05, 4.69) is 45.6 Å². The van der Waals surface area contributed by atoms with Gasteiger partial charge in [0.05, 0.1) is 0 Å². The molecule has 13 heavy (non-hydrogen) atoms. The molecule has 0 aliphatic heterocycles. The largest absolute Gasteiger partial charge is 0.103 e. The van der Waals surface area contributed by atoms with Crippen molar-refractivity contribution >= 4 is 0 Å². The average Bonchev–Trinajstić information content (AvgIpc) is 2.17. The van der Waals surface area contributed by atoms with Gasteiger partial charge in [-0.15, -0.1) is 6.58 Å². The third-order valence-corrected chi connectivity index (χ3v) is 2.78. The van der Waals surface area contributed by atoms with Crippen molar-refractivity contribution in [1.82, 2.24) is 0 Å². The second kappa shape index (κ2) is 6.94. The number of hydrogen-bond donors (Lipinski definition) is 0. The van der Waals surface area contributed by atoms with Gasteiger partial charge in [0.25, 0.3) is 0 Å². The molecular weight excluding hydrogens is 156 g/mol. The molecule has 0 spiro atoms. The molecule has 0 heterocycles. The minimum absolute atomic E-state index is 0.308. The van der Waals surface area contributed by atoms with E-state index < -0.39 is 0 Å². The summed E-state index contributed by atoms with van der Waals surface area (Å²) in [5.41, 5.74) is 0.308. The van der Waals surface area contributed by atoms with Crippen LogP contribution in [0.2, 0.25) is 0 Å². The van der Waals surface area contributed by atoms with Gasteiger partial charge in [-0.25, -0.2) is 0 Å². The fraction of sp³-hybridized carbons (Fsp3) is 0.692. The number of hydrogen-bond acceptors (Lipinski definition) is 0. The summed E-state index contributed by atoms with van der Waals surface area (Å²) in [6, 6.07) is 0. The first-order valence-electron chi connectivity index (χ1n) is 5.47. The Balaban J connectivity index is 3.71. The van der Waals surface area contributed by atoms with Crippen LogP contribution < -0.4 is 0 Å². The van der Waals surface area contributed by atoms with E-state index in [0.717, 1.165) is 6.42 Å². The topological polar surface area (TPSA) is 0 Å². The van der Waals surface area contributed by atoms with Crippen molar-refractivity contribution in [2.45, 2.75) is 52.9 Å². The summed E-state index contributed by atoms with van der Waals surface area (Å²) in [5.74, 6) is 0. The van der Waals surface area contributed by atoms with Gasteiger partial charge in [0.2, 0.25) is 0 Å². The van der Waals surface area contributed by atoms with E-state index in [-0.39, 0.29) is 0 Å². The molecule has 0 radical (unpaired) electrons. The van der Waals surface area contributed by atoms with Crippen molar-refractivity contribution in [1.29, 1.82) is 0 Å². The predicted octanol–water partition coefficient (Wildman–Crippen LogP) is 4.73. The van der Waals surface area contributed by atoms with Crippen LogP contribution in [0.25, 0.3) is 0 Å². The zero-order valence-corrected chi connectivity index (χ0v) is 9.47. The van der Waals surface area contributed by atoms with Gasteiger partial charge in [-0.1, -0.05) is 51.8 Å². The molecule has 0 heteroatoms. The van der Waals surface area contributed by atoms with Gasteiger partial charge in [0, 0.05) is 0 Å². The Bertz CT molecular complexity index is 155. The Morgan fingerprint density at radius 3 is 2.38 bits per heavy atom. The summed E-state index contributed by atoms with van der Waals surface area (Å²) < 4.78 is 0. The lowest BCUT2D eigenvalue weighted by Crippen LogP contribution is -2.09. The summed E-state index contributed by atoms with van der Waals surface area (Å²) in [6.45, 7) is 10.6. The fourth-order valence-corrected chi connectivity index (χ4v) is 1.16. The SMILES string of the molecule is C=C[C@](C)(CC)C/C=C/CCCC. The standard InChI is InChI=1S/C13H24/c1-5-8-9-10-11-12-13(4,6-2)7-3/h6,10-11H,2,5,7-9,12H2,1,3-4H3/b11-10+/t13-/m1/s1. The monoisotopic (exact) mass is 180 g/mol. The van der Waals surface area contributed by atoms with E-state index in [1.165, 1.54) is 25.7 Å². The molecular formula is C13H24. The van der Waals surface area contributed by atoms with Gasteiger partial charge in [0.1, 0.15) is 0 Å². The minimum Gasteiger partial charge on any atom is -0.103 e. The molecule has 0 aromatic rings. The summed E-state index contributed by atoms with van der Waals surface area (Å²) in [7, 11) is 0. The molecule has 0 aliphatic carbocycles. The third kappa shape index (κ3) is 5.68. The van der Waals surface area contributed by atoms with E-state index in [1.807, 2.05) is 0 Å². The molecule has 0 aromatic heterocycles. The molecule has 0 saturated carbocycles. The van der Waals surface area contributed by atoms with Crippen LogP contribution >= 0.6 is 0 Å². The highest BCUT2D eigenvalue weighted by Crippen LogP contribution is 2.27. The van der Waals surface area contributed by atoms with Crippen LogP contribution in [0.5, 0.6) is 0 Å². The van der Waals surface area contributed by atoms with E-state index in [0.29, 0.717) is 5.41 Å². The van der Waals surface area contributed by atoms with E-state index in [4.69, 9.17) is 0 Å². The second-order valence-corrected chi connectivity index (χ2v) is 4.03. The number of rotatable bonds is 7. The molecule has 0 amide bonds. The smallest absolute Gasteiger partial charge is 0.0117 e. The maximum absolute atomic E-state index is 3.88. The van der Waals surface area contributed by atoms with E-state index in [9.17, 15) is 0 Å². The van der Waals surface area contributed by atoms with Crippen LogP contribution in [0.15, 0.2) is 24.8 Å². The minimum atomic E-state index is 0.308. The lowest BCUT2D eigenvalue weighted by atomic mass is 9.84. The van der Waals surface area contributed by atoms with Crippen molar-refractivity contribution in [3.63, 3.8) is 0 Å². The molecule has 0 bridgehead atoms. The summed E-state index contributed by atoms with van der Waals surface area (Å²) in [5, 5.41) is 0. The average molecular weight is 180 g/mol. The van der Waals surface area contributed by atoms with Crippen LogP contribution in [0.1, 0.15) is 52.9 Å². The predicted molar refractivity (Wildman–Crippen MR) is 61.9 cm³/mol. The van der Waals surface area contributed by atoms with Gasteiger partial charge >= 0.3 is 0 Å². The second-order valence-electron chi connectivity index (χ2n) is 4.03. The quantitative estimate of drug-likeness (QED) is 0.392. The van der Waals surface area contributed by atoms with E-state index >= 15 is 0 Å². The van der Waals surface area contributed by atoms with Gasteiger partial charge in [-0.05, 0) is 24.7 Å². The van der Waals surface area contributed by atoms with Gasteiger partial charge in [-0.2, -0.15) is 0 Å². The Labute approximate surface area is 83.7 Å². The molecule has 1 atom stereocenters. The van der Waals surface area contributed by atoms with Crippen molar-refractivity contribution in [3.05, 3.63) is 24.8 Å². The van der Waals surface area contributed by atoms with Gasteiger partial charge in [0.15, 0.2) is 0 Å². The maximum Gasteiger partial charge on any atom is -0.0117 e. The molecule has 0 aromatic carbocycles. The van der Waals surface area contributed by atoms with Crippen molar-refractivity contribution in [2.24, 2.45) is 5.41 Å². The van der Waals surface area contributed by atoms with Crippen LogP contribution in [0.3, 0.4) is 0 Å². The Morgan fingerprint density at radius 2 is 1.92 bits per heavy atom. The summed E-state index contributed by atoms with van der Waals surface area (Å²) in [4.78, 5) is 0. The van der Waals surface area contributed by atoms with Gasteiger partial charge < -0.3 is 0 Å². The first-order chi connectivity index (χ1) is 6.18. The molecule has 0 N–H and O–H groups in total. The highest BCUT2D eigenvalue weighted by Gasteiger charge is 2.14. The fourth-order valence-electron chi connectivity index (χ4n) is 1.16. The van der Waals surface area contributed by atoms with Crippen LogP contribution in [-0.2, 0) is 0 Å². The lowest BCUT2D eigenvalue weighted by molar-refractivity contribution is 0.418. The van der Waals surface area contributed by atoms with Crippen LogP contribution in [-0.4, -0.2) is 0 Å². The zero-order valence-electron chi connectivity index (χ0n) is 9.47. The lowest BCUT2D eigenvalue weighted by Gasteiger charge is -2.21. The van der Waals surface area contributed by atoms with E-state index in [1.54, 1.807) is 0 Å². The highest BCUT2D eigenvalue weighted by molar-refractivity contribution is 4.97. The molecule has 0 saturated heterocycles. The summed E-state index contributed by atoms with van der Waals surface area (Å²) >= 11 is 0. The Hall–Kier alpha value is -0.520. The first-order valence-corrected chi connectivity index (χ1v) is 5.47. The van der Waals surface area contributed by atoms with Gasteiger partial charge in [-0.3, -0.25) is 0 Å². The summed E-state index contributed by atoms with van der Waals surface area (Å²) in [6.07, 6.45) is 12.8. The third-order valence-electron chi connectivity index (χ3n) is 2.78. The first kappa shape index (κ1) is 12.5. The number of unbranched alkanes of at least 4 members (excludes halogenated alkanes) is 2. The highest BCUT2D eigenvalue weighted by atomic mass is 14.2. The molecule has 0 fully saturated rings. The number of allylic oxidation sites excluding steroid dienone is 3. The van der Waals surface area contributed by atoms with Crippen LogP contribution in [0.4, 0.5) is 0 Å². The molecule has 0 unspecified atom stereocenters. The normalized spacial score (nSPS) is 15.9. The Kier molecular flexibility index (Phi) is 6.66. The van der Waals surface area contributed by atoms with Crippen LogP contribution in [0, 0.1) is 5.41 Å². The molecule has 0 rings (SSSR count). The van der Waals surface area contributed by atoms with Crippen molar-refractivity contribution in [2.75, 3.05) is 0 Å². The zero-order chi connectivity index (χ0) is 10.2. The maximum atomic E-state index is 3.88. The Morgan fingerprint density at radius 1 is 1.23 bits per heavy atom. The molecule has 0 nitrogen and oxygen atoms in total.